The predicted molar refractivity (Wildman–Crippen MR) is 171 cm³/mol. The van der Waals surface area contributed by atoms with E-state index in [2.05, 4.69) is 24.0 Å². The Morgan fingerprint density at radius 2 is 1.50 bits per heavy atom. The number of hydrogen-bond donors (Lipinski definition) is 1. The lowest BCUT2D eigenvalue weighted by Crippen LogP contribution is -2.43. The number of hydrogen-bond acceptors (Lipinski definition) is 3. The van der Waals surface area contributed by atoms with Crippen molar-refractivity contribution >= 4 is 22.7 Å². The first-order chi connectivity index (χ1) is 20.5. The van der Waals surface area contributed by atoms with Crippen molar-refractivity contribution in [3.8, 4) is 5.75 Å². The van der Waals surface area contributed by atoms with Gasteiger partial charge in [0.25, 0.3) is 5.91 Å². The summed E-state index contributed by atoms with van der Waals surface area (Å²) in [4.78, 5) is 34.3. The van der Waals surface area contributed by atoms with E-state index in [-0.39, 0.29) is 18.4 Å². The van der Waals surface area contributed by atoms with Crippen LogP contribution in [0.5, 0.6) is 5.75 Å². The number of aromatic amines is 1. The number of fused-ring (bicyclic) bond motifs is 1. The van der Waals surface area contributed by atoms with Gasteiger partial charge in [-0.1, -0.05) is 69.2 Å². The Balaban J connectivity index is 1.49. The molecule has 222 valence electrons. The molecule has 0 fully saturated rings. The molecule has 3 aromatic carbocycles. The lowest BCUT2D eigenvalue weighted by atomic mass is 10.0. The second-order valence-corrected chi connectivity index (χ2v) is 10.9. The molecule has 0 aliphatic carbocycles. The van der Waals surface area contributed by atoms with Crippen molar-refractivity contribution in [2.75, 3.05) is 26.2 Å². The van der Waals surface area contributed by atoms with Gasteiger partial charge < -0.3 is 19.5 Å². The Morgan fingerprint density at radius 1 is 0.762 bits per heavy atom. The Kier molecular flexibility index (Phi) is 11.6. The molecule has 4 rings (SSSR count). The van der Waals surface area contributed by atoms with Gasteiger partial charge in [-0.2, -0.15) is 0 Å². The maximum Gasteiger partial charge on any atom is 0.254 e. The zero-order valence-corrected chi connectivity index (χ0v) is 25.4. The van der Waals surface area contributed by atoms with Crippen molar-refractivity contribution in [1.82, 2.24) is 14.8 Å². The second kappa shape index (κ2) is 15.8. The smallest absolute Gasteiger partial charge is 0.254 e. The normalized spacial score (nSPS) is 11.0. The van der Waals surface area contributed by atoms with Crippen LogP contribution in [-0.4, -0.2) is 52.8 Å². The van der Waals surface area contributed by atoms with Crippen LogP contribution in [-0.2, 0) is 24.2 Å². The molecule has 0 saturated carbocycles. The average Bonchev–Trinajstić information content (AvgIpc) is 3.43. The molecule has 0 aliphatic rings. The number of amides is 2. The first kappa shape index (κ1) is 30.9. The van der Waals surface area contributed by atoms with Crippen molar-refractivity contribution in [2.24, 2.45) is 0 Å². The van der Waals surface area contributed by atoms with Crippen LogP contribution in [0.3, 0.4) is 0 Å². The molecule has 0 bridgehead atoms. The zero-order chi connectivity index (χ0) is 29.7. The van der Waals surface area contributed by atoms with Crippen LogP contribution in [0.25, 0.3) is 10.9 Å². The number of ether oxygens (including phenoxy) is 1. The van der Waals surface area contributed by atoms with Crippen molar-refractivity contribution < 1.29 is 14.3 Å². The Labute approximate surface area is 250 Å². The summed E-state index contributed by atoms with van der Waals surface area (Å²) >= 11 is 0. The summed E-state index contributed by atoms with van der Waals surface area (Å²) < 4.78 is 5.60. The molecule has 0 aliphatic heterocycles. The van der Waals surface area contributed by atoms with E-state index >= 15 is 0 Å². The standard InChI is InChI=1S/C36H45N3O3/c1-4-7-8-11-28-14-18-30(19-15-28)36(41)39(23-5-2)27-35(40)38(26-29-16-20-32(21-17-29)42-6-3)24-22-31-25-37-34-13-10-9-12-33(31)34/h9-10,12-21,25,37H,4-8,11,22-24,26-27H2,1-3H3. The van der Waals surface area contributed by atoms with Crippen LogP contribution < -0.4 is 4.74 Å². The van der Waals surface area contributed by atoms with Crippen LogP contribution in [0, 0.1) is 0 Å². The van der Waals surface area contributed by atoms with Gasteiger partial charge in [0, 0.05) is 42.3 Å². The van der Waals surface area contributed by atoms with Crippen molar-refractivity contribution in [2.45, 2.75) is 65.8 Å². The van der Waals surface area contributed by atoms with Gasteiger partial charge in [0.2, 0.25) is 5.91 Å². The number of para-hydroxylation sites is 1. The third-order valence-corrected chi connectivity index (χ3v) is 7.66. The van der Waals surface area contributed by atoms with E-state index in [1.807, 2.05) is 85.6 Å². The Morgan fingerprint density at radius 3 is 2.21 bits per heavy atom. The highest BCUT2D eigenvalue weighted by Crippen LogP contribution is 2.20. The number of carbonyl (C=O) groups is 2. The fraction of sp³-hybridized carbons (Fsp3) is 0.389. The molecule has 0 saturated heterocycles. The second-order valence-electron chi connectivity index (χ2n) is 10.9. The topological polar surface area (TPSA) is 65.6 Å². The van der Waals surface area contributed by atoms with Gasteiger partial charge in [-0.15, -0.1) is 0 Å². The molecule has 6 nitrogen and oxygen atoms in total. The Bertz CT molecular complexity index is 1410. The largest absolute Gasteiger partial charge is 0.494 e. The Hall–Kier alpha value is -4.06. The first-order valence-corrected chi connectivity index (χ1v) is 15.4. The minimum atomic E-state index is -0.0945. The summed E-state index contributed by atoms with van der Waals surface area (Å²) in [7, 11) is 0. The number of nitrogens with one attached hydrogen (secondary N) is 1. The van der Waals surface area contributed by atoms with Gasteiger partial charge >= 0.3 is 0 Å². The third-order valence-electron chi connectivity index (χ3n) is 7.66. The summed E-state index contributed by atoms with van der Waals surface area (Å²) in [6, 6.07) is 24.0. The molecule has 2 amide bonds. The maximum atomic E-state index is 13.9. The van der Waals surface area contributed by atoms with Gasteiger partial charge in [0.15, 0.2) is 0 Å². The van der Waals surface area contributed by atoms with Crippen LogP contribution in [0.2, 0.25) is 0 Å². The monoisotopic (exact) mass is 567 g/mol. The van der Waals surface area contributed by atoms with Crippen LogP contribution >= 0.6 is 0 Å². The summed E-state index contributed by atoms with van der Waals surface area (Å²) in [5.74, 6) is 0.665. The number of nitrogens with zero attached hydrogens (tertiary/aromatic N) is 2. The van der Waals surface area contributed by atoms with Crippen LogP contribution in [0.15, 0.2) is 79.0 Å². The zero-order valence-electron chi connectivity index (χ0n) is 25.4. The van der Waals surface area contributed by atoms with Crippen LogP contribution in [0.4, 0.5) is 0 Å². The summed E-state index contributed by atoms with van der Waals surface area (Å²) in [5, 5.41) is 1.17. The lowest BCUT2D eigenvalue weighted by molar-refractivity contribution is -0.132. The number of benzene rings is 3. The van der Waals surface area contributed by atoms with E-state index < -0.39 is 0 Å². The number of rotatable bonds is 16. The molecule has 1 N–H and O–H groups in total. The highest BCUT2D eigenvalue weighted by molar-refractivity contribution is 5.96. The molecule has 42 heavy (non-hydrogen) atoms. The SMILES string of the molecule is CCCCCc1ccc(C(=O)N(CCC)CC(=O)N(CCc2c[nH]c3ccccc23)Cc2ccc(OCC)cc2)cc1. The quantitative estimate of drug-likeness (QED) is 0.143. The van der Waals surface area contributed by atoms with E-state index in [0.717, 1.165) is 36.1 Å². The molecular formula is C36H45N3O3. The van der Waals surface area contributed by atoms with Crippen molar-refractivity contribution in [3.05, 3.63) is 101 Å². The summed E-state index contributed by atoms with van der Waals surface area (Å²) in [5.41, 5.74) is 5.17. The van der Waals surface area contributed by atoms with E-state index in [4.69, 9.17) is 4.74 Å². The molecular weight excluding hydrogens is 522 g/mol. The minimum Gasteiger partial charge on any atom is -0.494 e. The van der Waals surface area contributed by atoms with Crippen LogP contribution in [0.1, 0.15) is 73.5 Å². The van der Waals surface area contributed by atoms with Crippen molar-refractivity contribution in [1.29, 1.82) is 0 Å². The number of aryl methyl sites for hydroxylation is 1. The van der Waals surface area contributed by atoms with Gasteiger partial charge in [0.1, 0.15) is 12.3 Å². The van der Waals surface area contributed by atoms with E-state index in [1.165, 1.54) is 29.4 Å². The molecule has 1 aromatic heterocycles. The third kappa shape index (κ3) is 8.48. The minimum absolute atomic E-state index is 0.0514. The van der Waals surface area contributed by atoms with Gasteiger partial charge in [-0.05, 0) is 79.6 Å². The molecule has 1 heterocycles. The van der Waals surface area contributed by atoms with Gasteiger partial charge in [0.05, 0.1) is 6.61 Å². The highest BCUT2D eigenvalue weighted by atomic mass is 16.5. The molecule has 0 spiro atoms. The number of carbonyl (C=O) groups excluding carboxylic acids is 2. The van der Waals surface area contributed by atoms with Crippen molar-refractivity contribution in [3.63, 3.8) is 0 Å². The molecule has 0 unspecified atom stereocenters. The molecule has 6 heteroatoms. The van der Waals surface area contributed by atoms with E-state index in [9.17, 15) is 9.59 Å². The van der Waals surface area contributed by atoms with Gasteiger partial charge in [-0.25, -0.2) is 0 Å². The predicted octanol–water partition coefficient (Wildman–Crippen LogP) is 7.42. The summed E-state index contributed by atoms with van der Waals surface area (Å²) in [6.07, 6.45) is 8.10. The maximum absolute atomic E-state index is 13.9. The fourth-order valence-corrected chi connectivity index (χ4v) is 5.33. The first-order valence-electron chi connectivity index (χ1n) is 15.4. The number of aromatic nitrogens is 1. The van der Waals surface area contributed by atoms with E-state index in [0.29, 0.717) is 38.2 Å². The average molecular weight is 568 g/mol. The molecule has 0 radical (unpaired) electrons. The molecule has 0 atom stereocenters. The lowest BCUT2D eigenvalue weighted by Gasteiger charge is -2.28. The highest BCUT2D eigenvalue weighted by Gasteiger charge is 2.22. The number of unbranched alkanes of at least 4 members (excludes halogenated alkanes) is 2. The van der Waals surface area contributed by atoms with Gasteiger partial charge in [-0.3, -0.25) is 9.59 Å². The molecule has 4 aromatic rings. The fourth-order valence-electron chi connectivity index (χ4n) is 5.33. The number of H-pyrrole nitrogens is 1. The van der Waals surface area contributed by atoms with E-state index in [1.54, 1.807) is 4.90 Å². The summed E-state index contributed by atoms with van der Waals surface area (Å²) in [6.45, 7) is 8.41.